The molecule has 1 N–H and O–H groups in total. The summed E-state index contributed by atoms with van der Waals surface area (Å²) in [5.74, 6) is -0.525. The van der Waals surface area contributed by atoms with Gasteiger partial charge in [0.1, 0.15) is 6.04 Å². The lowest BCUT2D eigenvalue weighted by Gasteiger charge is -2.33. The third kappa shape index (κ3) is 4.61. The number of piperidine rings is 1. The van der Waals surface area contributed by atoms with E-state index in [4.69, 9.17) is 4.74 Å². The van der Waals surface area contributed by atoms with Crippen LogP contribution in [0.3, 0.4) is 0 Å². The van der Waals surface area contributed by atoms with Crippen LogP contribution in [0.25, 0.3) is 0 Å². The fraction of sp³-hybridized carbons (Fsp3) is 0.524. The molecule has 1 fully saturated rings. The van der Waals surface area contributed by atoms with Crippen LogP contribution in [0.5, 0.6) is 0 Å². The van der Waals surface area contributed by atoms with Gasteiger partial charge in [-0.1, -0.05) is 12.1 Å². The summed E-state index contributed by atoms with van der Waals surface area (Å²) in [4.78, 5) is 53.4. The maximum absolute atomic E-state index is 13.1. The number of fused-ring (bicyclic) bond motifs is 1. The maximum Gasteiger partial charge on any atom is 0.409 e. The number of hydrogen-bond acceptors (Lipinski definition) is 6. The number of thioether (sulfide) groups is 1. The van der Waals surface area contributed by atoms with Gasteiger partial charge in [0.25, 0.3) is 11.8 Å². The van der Waals surface area contributed by atoms with Crippen molar-refractivity contribution in [3.63, 3.8) is 0 Å². The molecule has 0 bridgehead atoms. The van der Waals surface area contributed by atoms with Crippen LogP contribution in [0, 0.1) is 0 Å². The highest BCUT2D eigenvalue weighted by Gasteiger charge is 2.42. The number of carbonyl (C=O) groups is 4. The van der Waals surface area contributed by atoms with Gasteiger partial charge in [0.15, 0.2) is 0 Å². The molecule has 0 aliphatic carbocycles. The Labute approximate surface area is 180 Å². The summed E-state index contributed by atoms with van der Waals surface area (Å²) in [5.41, 5.74) is 0.680. The average molecular weight is 434 g/mol. The molecule has 1 aromatic rings. The van der Waals surface area contributed by atoms with Gasteiger partial charge in [0.2, 0.25) is 5.91 Å². The van der Waals surface area contributed by atoms with Crippen molar-refractivity contribution in [3.05, 3.63) is 35.4 Å². The Balaban J connectivity index is 1.67. The van der Waals surface area contributed by atoms with Gasteiger partial charge >= 0.3 is 6.09 Å². The van der Waals surface area contributed by atoms with E-state index in [0.29, 0.717) is 55.8 Å². The molecular weight excluding hydrogens is 406 g/mol. The second kappa shape index (κ2) is 9.97. The number of benzene rings is 1. The molecule has 3 rings (SSSR count). The van der Waals surface area contributed by atoms with Gasteiger partial charge in [-0.3, -0.25) is 19.3 Å². The van der Waals surface area contributed by atoms with E-state index < -0.39 is 17.9 Å². The lowest BCUT2D eigenvalue weighted by Crippen LogP contribution is -2.54. The van der Waals surface area contributed by atoms with Crippen molar-refractivity contribution in [1.82, 2.24) is 15.1 Å². The van der Waals surface area contributed by atoms with Crippen LogP contribution in [-0.2, 0) is 9.53 Å². The van der Waals surface area contributed by atoms with Crippen molar-refractivity contribution in [3.8, 4) is 0 Å². The van der Waals surface area contributed by atoms with Crippen LogP contribution in [-0.4, -0.2) is 77.4 Å². The lowest BCUT2D eigenvalue weighted by molar-refractivity contribution is -0.126. The van der Waals surface area contributed by atoms with E-state index in [1.165, 1.54) is 0 Å². The van der Waals surface area contributed by atoms with Gasteiger partial charge in [-0.15, -0.1) is 0 Å². The van der Waals surface area contributed by atoms with Gasteiger partial charge in [0, 0.05) is 19.1 Å². The Morgan fingerprint density at radius 3 is 2.30 bits per heavy atom. The minimum atomic E-state index is -0.854. The summed E-state index contributed by atoms with van der Waals surface area (Å²) in [6, 6.07) is 5.68. The molecule has 1 saturated heterocycles. The summed E-state index contributed by atoms with van der Waals surface area (Å²) in [5, 5.41) is 2.99. The zero-order valence-electron chi connectivity index (χ0n) is 17.3. The smallest absolute Gasteiger partial charge is 0.409 e. The van der Waals surface area contributed by atoms with Crippen LogP contribution in [0.4, 0.5) is 4.79 Å². The Bertz CT molecular complexity index is 788. The van der Waals surface area contributed by atoms with Crippen molar-refractivity contribution in [2.45, 2.75) is 38.3 Å². The van der Waals surface area contributed by atoms with E-state index >= 15 is 0 Å². The van der Waals surface area contributed by atoms with Crippen LogP contribution in [0.15, 0.2) is 24.3 Å². The van der Waals surface area contributed by atoms with Crippen LogP contribution in [0.2, 0.25) is 0 Å². The average Bonchev–Trinajstić information content (AvgIpc) is 3.00. The number of rotatable bonds is 7. The lowest BCUT2D eigenvalue weighted by atomic mass is 10.0. The second-order valence-corrected chi connectivity index (χ2v) is 8.28. The van der Waals surface area contributed by atoms with Gasteiger partial charge in [0.05, 0.1) is 17.7 Å². The standard InChI is InChI=1S/C21H27N3O5S/c1-3-29-21(28)23-11-8-14(9-12-23)22-18(25)17(10-13-30-2)24-19(26)15-6-4-5-7-16(15)20(24)27/h4-7,14,17H,3,8-13H2,1-2H3,(H,22,25). The number of imide groups is 1. The maximum atomic E-state index is 13.1. The van der Waals surface area contributed by atoms with Crippen LogP contribution >= 0.6 is 11.8 Å². The Morgan fingerprint density at radius 1 is 1.17 bits per heavy atom. The number of nitrogens with one attached hydrogen (secondary N) is 1. The van der Waals surface area contributed by atoms with Crippen LogP contribution < -0.4 is 5.32 Å². The summed E-state index contributed by atoms with van der Waals surface area (Å²) < 4.78 is 5.02. The highest BCUT2D eigenvalue weighted by molar-refractivity contribution is 7.98. The Morgan fingerprint density at radius 2 is 1.77 bits per heavy atom. The predicted molar refractivity (Wildman–Crippen MR) is 113 cm³/mol. The highest BCUT2D eigenvalue weighted by atomic mass is 32.2. The summed E-state index contributed by atoms with van der Waals surface area (Å²) in [6.07, 6.45) is 3.16. The Kier molecular flexibility index (Phi) is 7.36. The minimum absolute atomic E-state index is 0.116. The molecule has 0 saturated carbocycles. The number of amides is 4. The first kappa shape index (κ1) is 22.1. The van der Waals surface area contributed by atoms with Crippen LogP contribution in [0.1, 0.15) is 46.9 Å². The molecule has 1 aromatic carbocycles. The van der Waals surface area contributed by atoms with Crippen molar-refractivity contribution in [1.29, 1.82) is 0 Å². The van der Waals surface area contributed by atoms with Crippen molar-refractivity contribution in [2.24, 2.45) is 0 Å². The van der Waals surface area contributed by atoms with Gasteiger partial charge in [-0.2, -0.15) is 11.8 Å². The largest absolute Gasteiger partial charge is 0.450 e. The molecule has 30 heavy (non-hydrogen) atoms. The van der Waals surface area contributed by atoms with Crippen molar-refractivity contribution >= 4 is 35.6 Å². The van der Waals surface area contributed by atoms with E-state index in [9.17, 15) is 19.2 Å². The normalized spacial score (nSPS) is 17.7. The van der Waals surface area contributed by atoms with Gasteiger partial charge in [-0.05, 0) is 50.3 Å². The number of ether oxygens (including phenoxy) is 1. The van der Waals surface area contributed by atoms with Crippen molar-refractivity contribution < 1.29 is 23.9 Å². The number of hydrogen-bond donors (Lipinski definition) is 1. The van der Waals surface area contributed by atoms with Gasteiger partial charge in [-0.25, -0.2) is 4.79 Å². The summed E-state index contributed by atoms with van der Waals surface area (Å²) in [6.45, 7) is 3.07. The first-order valence-electron chi connectivity index (χ1n) is 10.2. The fourth-order valence-corrected chi connectivity index (χ4v) is 4.28. The minimum Gasteiger partial charge on any atom is -0.450 e. The quantitative estimate of drug-likeness (QED) is 0.662. The molecule has 8 nitrogen and oxygen atoms in total. The molecule has 4 amide bonds. The summed E-state index contributed by atoms with van der Waals surface area (Å²) >= 11 is 1.56. The van der Waals surface area contributed by atoms with E-state index in [-0.39, 0.29) is 18.0 Å². The Hall–Kier alpha value is -2.55. The predicted octanol–water partition coefficient (Wildman–Crippen LogP) is 2.14. The molecular formula is C21H27N3O5S. The fourth-order valence-electron chi connectivity index (χ4n) is 3.82. The van der Waals surface area contributed by atoms with Crippen molar-refractivity contribution in [2.75, 3.05) is 31.7 Å². The first-order valence-corrected chi connectivity index (χ1v) is 11.5. The molecule has 0 radical (unpaired) electrons. The molecule has 2 aliphatic rings. The third-order valence-electron chi connectivity index (χ3n) is 5.40. The zero-order valence-corrected chi connectivity index (χ0v) is 18.1. The first-order chi connectivity index (χ1) is 14.5. The van der Waals surface area contributed by atoms with Gasteiger partial charge < -0.3 is 15.0 Å². The van der Waals surface area contributed by atoms with E-state index in [1.807, 2.05) is 6.26 Å². The third-order valence-corrected chi connectivity index (χ3v) is 6.05. The molecule has 2 heterocycles. The number of likely N-dealkylation sites (tertiary alicyclic amines) is 1. The second-order valence-electron chi connectivity index (χ2n) is 7.29. The molecule has 9 heteroatoms. The molecule has 0 spiro atoms. The highest BCUT2D eigenvalue weighted by Crippen LogP contribution is 2.26. The number of carbonyl (C=O) groups excluding carboxylic acids is 4. The molecule has 0 aromatic heterocycles. The van der Waals surface area contributed by atoms with E-state index in [0.717, 1.165) is 4.90 Å². The monoisotopic (exact) mass is 433 g/mol. The summed E-state index contributed by atoms with van der Waals surface area (Å²) in [7, 11) is 0. The molecule has 1 unspecified atom stereocenters. The zero-order chi connectivity index (χ0) is 21.7. The topological polar surface area (TPSA) is 96.0 Å². The van der Waals surface area contributed by atoms with E-state index in [2.05, 4.69) is 5.32 Å². The SMILES string of the molecule is CCOC(=O)N1CCC(NC(=O)C(CCSC)N2C(=O)c3ccccc3C2=O)CC1. The molecule has 2 aliphatic heterocycles. The van der Waals surface area contributed by atoms with E-state index in [1.54, 1.807) is 47.9 Å². The molecule has 1 atom stereocenters. The molecule has 162 valence electrons. The number of nitrogens with zero attached hydrogens (tertiary/aromatic N) is 2.